The summed E-state index contributed by atoms with van der Waals surface area (Å²) in [5, 5.41) is 9.76. The molecule has 1 amide bonds. The first-order valence-corrected chi connectivity index (χ1v) is 5.66. The van der Waals surface area contributed by atoms with E-state index in [1.807, 2.05) is 24.4 Å². The minimum absolute atomic E-state index is 0.0484. The monoisotopic (exact) mass is 245 g/mol. The van der Waals surface area contributed by atoms with Gasteiger partial charge in [0.2, 0.25) is 5.91 Å². The largest absolute Gasteiger partial charge is 0.351 e. The summed E-state index contributed by atoms with van der Waals surface area (Å²) in [4.78, 5) is 15.7. The van der Waals surface area contributed by atoms with Gasteiger partial charge in [0.25, 0.3) is 0 Å². The summed E-state index contributed by atoms with van der Waals surface area (Å²) in [5.41, 5.74) is 0.922. The number of hydrogen-bond donors (Lipinski definition) is 2. The van der Waals surface area contributed by atoms with Crippen molar-refractivity contribution >= 4 is 5.91 Å². The van der Waals surface area contributed by atoms with Crippen molar-refractivity contribution in [2.75, 3.05) is 13.6 Å². The van der Waals surface area contributed by atoms with Crippen molar-refractivity contribution in [2.45, 2.75) is 6.54 Å². The van der Waals surface area contributed by atoms with E-state index in [9.17, 15) is 4.79 Å². The maximum atomic E-state index is 11.4. The molecular weight excluding hydrogens is 230 g/mol. The Labute approximate surface area is 105 Å². The minimum atomic E-state index is -0.0484. The van der Waals surface area contributed by atoms with E-state index >= 15 is 0 Å². The van der Waals surface area contributed by atoms with Crippen LogP contribution in [0.4, 0.5) is 0 Å². The summed E-state index contributed by atoms with van der Waals surface area (Å²) in [7, 11) is 1.73. The first-order chi connectivity index (χ1) is 8.81. The van der Waals surface area contributed by atoms with Gasteiger partial charge in [-0.1, -0.05) is 6.07 Å². The molecule has 2 heterocycles. The number of carbonyl (C=O) groups is 1. The third kappa shape index (κ3) is 2.92. The van der Waals surface area contributed by atoms with Crippen molar-refractivity contribution in [3.63, 3.8) is 0 Å². The highest BCUT2D eigenvalue weighted by molar-refractivity contribution is 5.78. The highest BCUT2D eigenvalue weighted by Crippen LogP contribution is 2.09. The van der Waals surface area contributed by atoms with Gasteiger partial charge < -0.3 is 10.6 Å². The SMILES string of the molecule is CNCC(=O)NCc1cccnc1-n1cccn1. The number of nitrogens with one attached hydrogen (secondary N) is 2. The summed E-state index contributed by atoms with van der Waals surface area (Å²) < 4.78 is 1.68. The Bertz CT molecular complexity index is 509. The maximum absolute atomic E-state index is 11.4. The first-order valence-electron chi connectivity index (χ1n) is 5.66. The van der Waals surface area contributed by atoms with Crippen LogP contribution < -0.4 is 10.6 Å². The van der Waals surface area contributed by atoms with Gasteiger partial charge >= 0.3 is 0 Å². The van der Waals surface area contributed by atoms with Crippen LogP contribution >= 0.6 is 0 Å². The molecular formula is C12H15N5O. The topological polar surface area (TPSA) is 71.8 Å². The number of carbonyl (C=O) groups excluding carboxylic acids is 1. The first kappa shape index (κ1) is 12.3. The van der Waals surface area contributed by atoms with E-state index in [1.54, 1.807) is 24.1 Å². The van der Waals surface area contributed by atoms with E-state index in [2.05, 4.69) is 20.7 Å². The molecule has 0 spiro atoms. The molecule has 0 atom stereocenters. The van der Waals surface area contributed by atoms with Gasteiger partial charge in [-0.05, 0) is 19.2 Å². The molecule has 2 N–H and O–H groups in total. The lowest BCUT2D eigenvalue weighted by molar-refractivity contribution is -0.120. The molecule has 2 rings (SSSR count). The number of pyridine rings is 1. The van der Waals surface area contributed by atoms with Crippen molar-refractivity contribution in [1.82, 2.24) is 25.4 Å². The van der Waals surface area contributed by atoms with Crippen molar-refractivity contribution in [2.24, 2.45) is 0 Å². The van der Waals surface area contributed by atoms with Gasteiger partial charge in [0, 0.05) is 30.7 Å². The average Bonchev–Trinajstić information content (AvgIpc) is 2.91. The van der Waals surface area contributed by atoms with E-state index in [1.165, 1.54) is 0 Å². The van der Waals surface area contributed by atoms with Crippen LogP contribution in [-0.2, 0) is 11.3 Å². The van der Waals surface area contributed by atoms with Gasteiger partial charge in [0.1, 0.15) is 0 Å². The molecule has 0 aliphatic carbocycles. The van der Waals surface area contributed by atoms with Crippen LogP contribution in [0.25, 0.3) is 5.82 Å². The predicted octanol–water partition coefficient (Wildman–Crippen LogP) is 0.103. The van der Waals surface area contributed by atoms with Crippen LogP contribution in [0.15, 0.2) is 36.8 Å². The fraction of sp³-hybridized carbons (Fsp3) is 0.250. The van der Waals surface area contributed by atoms with Crippen LogP contribution in [0.3, 0.4) is 0 Å². The number of likely N-dealkylation sites (N-methyl/N-ethyl adjacent to an activating group) is 1. The van der Waals surface area contributed by atoms with Gasteiger partial charge in [0.15, 0.2) is 5.82 Å². The predicted molar refractivity (Wildman–Crippen MR) is 67.1 cm³/mol. The van der Waals surface area contributed by atoms with Crippen LogP contribution in [0.5, 0.6) is 0 Å². The van der Waals surface area contributed by atoms with Gasteiger partial charge in [-0.25, -0.2) is 9.67 Å². The molecule has 6 nitrogen and oxygen atoms in total. The normalized spacial score (nSPS) is 10.3. The van der Waals surface area contributed by atoms with Crippen LogP contribution in [0.1, 0.15) is 5.56 Å². The second-order valence-corrected chi connectivity index (χ2v) is 3.74. The van der Waals surface area contributed by atoms with Gasteiger partial charge in [-0.2, -0.15) is 5.10 Å². The molecule has 0 saturated carbocycles. The van der Waals surface area contributed by atoms with E-state index in [0.29, 0.717) is 13.1 Å². The summed E-state index contributed by atoms with van der Waals surface area (Å²) >= 11 is 0. The van der Waals surface area contributed by atoms with Crippen molar-refractivity contribution < 1.29 is 4.79 Å². The zero-order chi connectivity index (χ0) is 12.8. The molecule has 0 fully saturated rings. The Morgan fingerprint density at radius 2 is 2.28 bits per heavy atom. The molecule has 18 heavy (non-hydrogen) atoms. The molecule has 94 valence electrons. The molecule has 0 aromatic carbocycles. The van der Waals surface area contributed by atoms with Crippen molar-refractivity contribution in [3.05, 3.63) is 42.4 Å². The highest BCUT2D eigenvalue weighted by atomic mass is 16.1. The van der Waals surface area contributed by atoms with Crippen LogP contribution in [0, 0.1) is 0 Å². The fourth-order valence-corrected chi connectivity index (χ4v) is 1.59. The van der Waals surface area contributed by atoms with E-state index in [4.69, 9.17) is 0 Å². The molecule has 6 heteroatoms. The number of amides is 1. The number of nitrogens with zero attached hydrogens (tertiary/aromatic N) is 3. The Morgan fingerprint density at radius 1 is 1.39 bits per heavy atom. The molecule has 0 aliphatic heterocycles. The molecule has 0 saturated heterocycles. The van der Waals surface area contributed by atoms with Gasteiger partial charge in [-0.3, -0.25) is 4.79 Å². The summed E-state index contributed by atoms with van der Waals surface area (Å²) in [6.07, 6.45) is 5.22. The maximum Gasteiger partial charge on any atom is 0.234 e. The Hall–Kier alpha value is -2.21. The van der Waals surface area contributed by atoms with Crippen molar-refractivity contribution in [1.29, 1.82) is 0 Å². The number of rotatable bonds is 5. The lowest BCUT2D eigenvalue weighted by Crippen LogP contribution is -2.32. The zero-order valence-electron chi connectivity index (χ0n) is 10.1. The highest BCUT2D eigenvalue weighted by Gasteiger charge is 2.07. The fourth-order valence-electron chi connectivity index (χ4n) is 1.59. The lowest BCUT2D eigenvalue weighted by Gasteiger charge is -2.09. The summed E-state index contributed by atoms with van der Waals surface area (Å²) in [5.74, 6) is 0.681. The van der Waals surface area contributed by atoms with E-state index in [-0.39, 0.29) is 5.91 Å². The molecule has 2 aromatic heterocycles. The third-order valence-electron chi connectivity index (χ3n) is 2.40. The third-order valence-corrected chi connectivity index (χ3v) is 2.40. The lowest BCUT2D eigenvalue weighted by atomic mass is 10.2. The Balaban J connectivity index is 2.11. The second-order valence-electron chi connectivity index (χ2n) is 3.74. The smallest absolute Gasteiger partial charge is 0.234 e. The van der Waals surface area contributed by atoms with Crippen LogP contribution in [0.2, 0.25) is 0 Å². The number of hydrogen-bond acceptors (Lipinski definition) is 4. The van der Waals surface area contributed by atoms with Gasteiger partial charge in [-0.15, -0.1) is 0 Å². The average molecular weight is 245 g/mol. The van der Waals surface area contributed by atoms with E-state index in [0.717, 1.165) is 11.4 Å². The van der Waals surface area contributed by atoms with Gasteiger partial charge in [0.05, 0.1) is 6.54 Å². The molecule has 0 unspecified atom stereocenters. The quantitative estimate of drug-likeness (QED) is 0.784. The summed E-state index contributed by atoms with van der Waals surface area (Å²) in [6.45, 7) is 0.737. The molecule has 0 bridgehead atoms. The van der Waals surface area contributed by atoms with E-state index < -0.39 is 0 Å². The van der Waals surface area contributed by atoms with Crippen LogP contribution in [-0.4, -0.2) is 34.3 Å². The summed E-state index contributed by atoms with van der Waals surface area (Å²) in [6, 6.07) is 5.59. The van der Waals surface area contributed by atoms with Crippen molar-refractivity contribution in [3.8, 4) is 5.82 Å². The number of aromatic nitrogens is 3. The molecule has 2 aromatic rings. The molecule has 0 radical (unpaired) electrons. The molecule has 0 aliphatic rings. The standard InChI is InChI=1S/C12H15N5O/c1-13-9-11(18)15-8-10-4-2-5-14-12(10)17-7-3-6-16-17/h2-7,13H,8-9H2,1H3,(H,15,18). The Morgan fingerprint density at radius 3 is 3.00 bits per heavy atom. The second kappa shape index (κ2) is 5.92. The minimum Gasteiger partial charge on any atom is -0.351 e. The zero-order valence-corrected chi connectivity index (χ0v) is 10.1. The Kier molecular flexibility index (Phi) is 4.03.